The van der Waals surface area contributed by atoms with Crippen molar-refractivity contribution in [1.82, 2.24) is 10.2 Å². The summed E-state index contributed by atoms with van der Waals surface area (Å²) in [6.45, 7) is 2.23. The molecule has 1 atom stereocenters. The van der Waals surface area contributed by atoms with Crippen LogP contribution in [0.3, 0.4) is 0 Å². The number of furan rings is 1. The average Bonchev–Trinajstić information content (AvgIpc) is 3.13. The number of nitrogens with one attached hydrogen (secondary N) is 1. The predicted molar refractivity (Wildman–Crippen MR) is 72.6 cm³/mol. The van der Waals surface area contributed by atoms with Gasteiger partial charge in [-0.25, -0.2) is 0 Å². The van der Waals surface area contributed by atoms with E-state index < -0.39 is 17.3 Å². The molecule has 21 heavy (non-hydrogen) atoms. The van der Waals surface area contributed by atoms with Gasteiger partial charge in [-0.3, -0.25) is 14.4 Å². The summed E-state index contributed by atoms with van der Waals surface area (Å²) in [6, 6.07) is 3.09. The van der Waals surface area contributed by atoms with Gasteiger partial charge in [0.2, 0.25) is 5.91 Å². The van der Waals surface area contributed by atoms with Gasteiger partial charge in [0, 0.05) is 13.1 Å². The monoisotopic (exact) mass is 294 g/mol. The molecule has 7 heteroatoms. The van der Waals surface area contributed by atoms with Crippen LogP contribution in [0, 0.1) is 5.41 Å². The van der Waals surface area contributed by atoms with E-state index >= 15 is 0 Å². The fourth-order valence-electron chi connectivity index (χ4n) is 2.46. The van der Waals surface area contributed by atoms with Crippen molar-refractivity contribution >= 4 is 17.8 Å². The van der Waals surface area contributed by atoms with Crippen molar-refractivity contribution in [2.45, 2.75) is 19.8 Å². The van der Waals surface area contributed by atoms with Gasteiger partial charge in [-0.1, -0.05) is 6.92 Å². The van der Waals surface area contributed by atoms with Crippen LogP contribution in [0.4, 0.5) is 0 Å². The van der Waals surface area contributed by atoms with Crippen LogP contribution in [0.25, 0.3) is 0 Å². The fraction of sp³-hybridized carbons (Fsp3) is 0.500. The number of carbonyl (C=O) groups excluding carboxylic acids is 2. The summed E-state index contributed by atoms with van der Waals surface area (Å²) >= 11 is 0. The van der Waals surface area contributed by atoms with Crippen LogP contribution in [0.2, 0.25) is 0 Å². The first-order valence-corrected chi connectivity index (χ1v) is 6.81. The van der Waals surface area contributed by atoms with E-state index in [0.717, 1.165) is 0 Å². The summed E-state index contributed by atoms with van der Waals surface area (Å²) in [7, 11) is 0. The molecule has 0 radical (unpaired) electrons. The molecule has 0 aromatic carbocycles. The number of hydrogen-bond donors (Lipinski definition) is 2. The Balaban J connectivity index is 1.88. The smallest absolute Gasteiger partial charge is 0.311 e. The zero-order valence-corrected chi connectivity index (χ0v) is 11.8. The Morgan fingerprint density at radius 3 is 2.76 bits per heavy atom. The third-order valence-corrected chi connectivity index (χ3v) is 3.98. The molecule has 1 aliphatic rings. The van der Waals surface area contributed by atoms with Crippen LogP contribution >= 0.6 is 0 Å². The maximum Gasteiger partial charge on any atom is 0.311 e. The number of rotatable bonds is 5. The van der Waals surface area contributed by atoms with Crippen LogP contribution in [0.5, 0.6) is 0 Å². The summed E-state index contributed by atoms with van der Waals surface area (Å²) in [6.07, 6.45) is 2.29. The molecule has 0 bridgehead atoms. The van der Waals surface area contributed by atoms with Crippen molar-refractivity contribution in [2.24, 2.45) is 5.41 Å². The Bertz CT molecular complexity index is 540. The van der Waals surface area contributed by atoms with Crippen LogP contribution < -0.4 is 5.32 Å². The summed E-state index contributed by atoms with van der Waals surface area (Å²) in [5.41, 5.74) is -0.860. The van der Waals surface area contributed by atoms with Gasteiger partial charge in [0.15, 0.2) is 5.76 Å². The number of aliphatic carboxylic acids is 1. The molecule has 1 aliphatic heterocycles. The van der Waals surface area contributed by atoms with E-state index in [1.165, 1.54) is 17.2 Å². The highest BCUT2D eigenvalue weighted by Crippen LogP contribution is 2.34. The van der Waals surface area contributed by atoms with E-state index in [1.54, 1.807) is 13.0 Å². The Hall–Kier alpha value is -2.31. The molecule has 1 aromatic rings. The Labute approximate surface area is 121 Å². The minimum absolute atomic E-state index is 0.137. The Kier molecular flexibility index (Phi) is 4.30. The third kappa shape index (κ3) is 3.07. The standard InChI is InChI=1S/C14H18N2O5/c1-2-14(13(19)20)5-6-16(9-14)11(17)8-15-12(18)10-4-3-7-21-10/h3-4,7H,2,5-6,8-9H2,1H3,(H,15,18)(H,19,20). The molecule has 7 nitrogen and oxygen atoms in total. The van der Waals surface area contributed by atoms with Gasteiger partial charge in [0.25, 0.3) is 5.91 Å². The molecule has 2 heterocycles. The largest absolute Gasteiger partial charge is 0.481 e. The average molecular weight is 294 g/mol. The lowest BCUT2D eigenvalue weighted by atomic mass is 9.84. The molecular weight excluding hydrogens is 276 g/mol. The molecule has 1 unspecified atom stereocenters. The zero-order valence-electron chi connectivity index (χ0n) is 11.8. The van der Waals surface area contributed by atoms with E-state index in [1.807, 2.05) is 0 Å². The minimum atomic E-state index is -0.875. The van der Waals surface area contributed by atoms with Crippen molar-refractivity contribution in [3.8, 4) is 0 Å². The zero-order chi connectivity index (χ0) is 15.5. The molecule has 0 saturated carbocycles. The maximum atomic E-state index is 12.0. The SMILES string of the molecule is CCC1(C(=O)O)CCN(C(=O)CNC(=O)c2ccco2)C1. The van der Waals surface area contributed by atoms with E-state index in [2.05, 4.69) is 5.32 Å². The van der Waals surface area contributed by atoms with Crippen molar-refractivity contribution in [3.05, 3.63) is 24.2 Å². The summed E-state index contributed by atoms with van der Waals surface area (Å²) < 4.78 is 4.92. The van der Waals surface area contributed by atoms with E-state index in [4.69, 9.17) is 4.42 Å². The normalized spacial score (nSPS) is 21.3. The fourth-order valence-corrected chi connectivity index (χ4v) is 2.46. The molecule has 2 rings (SSSR count). The number of hydrogen-bond acceptors (Lipinski definition) is 4. The van der Waals surface area contributed by atoms with Gasteiger partial charge >= 0.3 is 5.97 Å². The minimum Gasteiger partial charge on any atom is -0.481 e. The first-order chi connectivity index (χ1) is 9.98. The quantitative estimate of drug-likeness (QED) is 0.833. The number of carboxylic acids is 1. The molecule has 1 saturated heterocycles. The number of carbonyl (C=O) groups is 3. The second-order valence-corrected chi connectivity index (χ2v) is 5.16. The third-order valence-electron chi connectivity index (χ3n) is 3.98. The van der Waals surface area contributed by atoms with Gasteiger partial charge in [-0.2, -0.15) is 0 Å². The van der Waals surface area contributed by atoms with Crippen LogP contribution in [0.1, 0.15) is 30.3 Å². The van der Waals surface area contributed by atoms with Crippen LogP contribution in [-0.2, 0) is 9.59 Å². The lowest BCUT2D eigenvalue weighted by molar-refractivity contribution is -0.148. The van der Waals surface area contributed by atoms with E-state index in [0.29, 0.717) is 19.4 Å². The van der Waals surface area contributed by atoms with Gasteiger partial charge in [0.1, 0.15) is 0 Å². The highest BCUT2D eigenvalue weighted by Gasteiger charge is 2.44. The number of carboxylic acid groups (broad SMARTS) is 1. The summed E-state index contributed by atoms with van der Waals surface area (Å²) in [4.78, 5) is 36.5. The van der Waals surface area contributed by atoms with Crippen molar-refractivity contribution in [1.29, 1.82) is 0 Å². The molecule has 1 aromatic heterocycles. The molecule has 2 N–H and O–H groups in total. The van der Waals surface area contributed by atoms with Crippen LogP contribution in [0.15, 0.2) is 22.8 Å². The van der Waals surface area contributed by atoms with Crippen molar-refractivity contribution in [2.75, 3.05) is 19.6 Å². The first kappa shape index (κ1) is 15.1. The summed E-state index contributed by atoms with van der Waals surface area (Å²) in [5, 5.41) is 11.8. The van der Waals surface area contributed by atoms with Gasteiger partial charge in [0.05, 0.1) is 18.2 Å². The highest BCUT2D eigenvalue weighted by atomic mass is 16.4. The molecule has 0 spiro atoms. The number of amides is 2. The van der Waals surface area contributed by atoms with E-state index in [9.17, 15) is 19.5 Å². The highest BCUT2D eigenvalue weighted by molar-refractivity contribution is 5.94. The lowest BCUT2D eigenvalue weighted by Crippen LogP contribution is -2.41. The van der Waals surface area contributed by atoms with Gasteiger partial charge in [-0.05, 0) is 25.0 Å². The second-order valence-electron chi connectivity index (χ2n) is 5.16. The lowest BCUT2D eigenvalue weighted by Gasteiger charge is -2.23. The van der Waals surface area contributed by atoms with Gasteiger partial charge < -0.3 is 19.7 Å². The van der Waals surface area contributed by atoms with E-state index in [-0.39, 0.29) is 24.8 Å². The maximum absolute atomic E-state index is 12.0. The number of nitrogens with zero attached hydrogens (tertiary/aromatic N) is 1. The summed E-state index contributed by atoms with van der Waals surface area (Å²) in [5.74, 6) is -1.49. The number of likely N-dealkylation sites (tertiary alicyclic amines) is 1. The van der Waals surface area contributed by atoms with Crippen molar-refractivity contribution in [3.63, 3.8) is 0 Å². The molecular formula is C14H18N2O5. The second kappa shape index (κ2) is 5.99. The predicted octanol–water partition coefficient (Wildman–Crippen LogP) is 0.723. The van der Waals surface area contributed by atoms with Crippen molar-refractivity contribution < 1.29 is 23.9 Å². The molecule has 1 fully saturated rings. The Morgan fingerprint density at radius 1 is 1.48 bits per heavy atom. The van der Waals surface area contributed by atoms with Gasteiger partial charge in [-0.15, -0.1) is 0 Å². The Morgan fingerprint density at radius 2 is 2.24 bits per heavy atom. The molecule has 0 aliphatic carbocycles. The molecule has 2 amide bonds. The molecule has 114 valence electrons. The van der Waals surface area contributed by atoms with Crippen LogP contribution in [-0.4, -0.2) is 47.4 Å². The topological polar surface area (TPSA) is 99.9 Å². The first-order valence-electron chi connectivity index (χ1n) is 6.81.